The second-order valence-corrected chi connectivity index (χ2v) is 8.04. The van der Waals surface area contributed by atoms with Gasteiger partial charge in [0.25, 0.3) is 10.2 Å². The monoisotopic (exact) mass is 359 g/mol. The Bertz CT molecular complexity index is 412. The predicted molar refractivity (Wildman–Crippen MR) is 89.4 cm³/mol. The molecule has 134 valence electrons. The van der Waals surface area contributed by atoms with E-state index in [2.05, 4.69) is 0 Å². The summed E-state index contributed by atoms with van der Waals surface area (Å²) < 4.78 is 38.6. The van der Waals surface area contributed by atoms with E-state index in [4.69, 9.17) is 15.2 Å². The number of ether oxygens (including phenoxy) is 2. The molecule has 1 saturated heterocycles. The van der Waals surface area contributed by atoms with Crippen molar-refractivity contribution in [2.45, 2.75) is 26.3 Å². The maximum atomic E-state index is 12.8. The predicted octanol–water partition coefficient (Wildman–Crippen LogP) is 0.307. The van der Waals surface area contributed by atoms with E-state index in [0.717, 1.165) is 0 Å². The van der Waals surface area contributed by atoms with Gasteiger partial charge in [-0.25, -0.2) is 0 Å². The van der Waals surface area contributed by atoms with Crippen molar-refractivity contribution in [3.63, 3.8) is 0 Å². The van der Waals surface area contributed by atoms with Crippen LogP contribution in [0.1, 0.15) is 20.3 Å². The van der Waals surface area contributed by atoms with Gasteiger partial charge < -0.3 is 15.2 Å². The zero-order valence-electron chi connectivity index (χ0n) is 13.9. The molecule has 22 heavy (non-hydrogen) atoms. The highest BCUT2D eigenvalue weighted by molar-refractivity contribution is 7.86. The van der Waals surface area contributed by atoms with Gasteiger partial charge in [-0.05, 0) is 11.8 Å². The summed E-state index contributed by atoms with van der Waals surface area (Å²) in [6.07, 6.45) is 0.675. The lowest BCUT2D eigenvalue weighted by atomic mass is 9.81. The van der Waals surface area contributed by atoms with Crippen LogP contribution in [0, 0.1) is 5.41 Å². The van der Waals surface area contributed by atoms with Crippen LogP contribution in [0.15, 0.2) is 0 Å². The van der Waals surface area contributed by atoms with Crippen LogP contribution in [-0.4, -0.2) is 76.7 Å². The Morgan fingerprint density at radius 3 is 2.14 bits per heavy atom. The number of hydrogen-bond acceptors (Lipinski definition) is 5. The lowest BCUT2D eigenvalue weighted by Gasteiger charge is -2.43. The van der Waals surface area contributed by atoms with Gasteiger partial charge in [0.1, 0.15) is 0 Å². The second kappa shape index (κ2) is 9.36. The zero-order valence-corrected chi connectivity index (χ0v) is 15.6. The molecule has 0 saturated carbocycles. The number of rotatable bonds is 8. The van der Waals surface area contributed by atoms with Crippen molar-refractivity contribution in [2.75, 3.05) is 53.6 Å². The number of methoxy groups -OCH3 is 2. The highest BCUT2D eigenvalue weighted by Gasteiger charge is 2.40. The summed E-state index contributed by atoms with van der Waals surface area (Å²) in [6.45, 7) is 6.29. The van der Waals surface area contributed by atoms with Crippen LogP contribution in [0.25, 0.3) is 0 Å². The normalized spacial score (nSPS) is 22.5. The molecule has 1 atom stereocenters. The summed E-state index contributed by atoms with van der Waals surface area (Å²) in [4.78, 5) is 0. The minimum Gasteiger partial charge on any atom is -0.383 e. The maximum Gasteiger partial charge on any atom is 0.282 e. The topological polar surface area (TPSA) is 85.1 Å². The Morgan fingerprint density at radius 1 is 1.23 bits per heavy atom. The van der Waals surface area contributed by atoms with Crippen LogP contribution in [-0.2, 0) is 19.7 Å². The lowest BCUT2D eigenvalue weighted by molar-refractivity contribution is 0.129. The van der Waals surface area contributed by atoms with E-state index in [0.29, 0.717) is 45.8 Å². The van der Waals surface area contributed by atoms with Gasteiger partial charge in [-0.15, -0.1) is 12.4 Å². The van der Waals surface area contributed by atoms with Crippen LogP contribution < -0.4 is 5.73 Å². The van der Waals surface area contributed by atoms with Gasteiger partial charge in [0.05, 0.1) is 13.2 Å². The fourth-order valence-corrected chi connectivity index (χ4v) is 4.18. The molecule has 1 rings (SSSR count). The Kier molecular flexibility index (Phi) is 9.38. The molecule has 2 N–H and O–H groups in total. The molecule has 0 aromatic carbocycles. The largest absolute Gasteiger partial charge is 0.383 e. The molecule has 1 unspecified atom stereocenters. The van der Waals surface area contributed by atoms with Crippen LogP contribution in [0.4, 0.5) is 0 Å². The molecule has 0 aromatic heterocycles. The smallest absolute Gasteiger partial charge is 0.282 e. The molecule has 0 spiro atoms. The summed E-state index contributed by atoms with van der Waals surface area (Å²) in [6, 6.07) is 0.0235. The Hall–Kier alpha value is 0.0400. The van der Waals surface area contributed by atoms with Gasteiger partial charge in [-0.2, -0.15) is 17.0 Å². The van der Waals surface area contributed by atoms with Gasteiger partial charge in [-0.1, -0.05) is 13.8 Å². The summed E-state index contributed by atoms with van der Waals surface area (Å²) >= 11 is 0. The summed E-state index contributed by atoms with van der Waals surface area (Å²) in [7, 11) is -0.393. The summed E-state index contributed by atoms with van der Waals surface area (Å²) in [5, 5.41) is 0. The fraction of sp³-hybridized carbons (Fsp3) is 1.00. The third-order valence-electron chi connectivity index (χ3n) is 4.02. The number of hydrogen-bond donors (Lipinski definition) is 1. The lowest BCUT2D eigenvalue weighted by Crippen LogP contribution is -2.57. The van der Waals surface area contributed by atoms with Crippen molar-refractivity contribution >= 4 is 22.6 Å². The highest BCUT2D eigenvalue weighted by atomic mass is 35.5. The number of halogens is 1. The van der Waals surface area contributed by atoms with Gasteiger partial charge in [0.2, 0.25) is 0 Å². The molecule has 1 aliphatic heterocycles. The summed E-state index contributed by atoms with van der Waals surface area (Å²) in [5.74, 6) is 0. The number of nitrogens with zero attached hydrogens (tertiary/aromatic N) is 2. The second-order valence-electron chi connectivity index (χ2n) is 6.11. The standard InChI is InChI=1S/C13H29N3O4S.ClH/c1-13(2)11-16(6-5-12(13)14)21(17,18)15(7-9-19-3)8-10-20-4;/h12H,5-11,14H2,1-4H3;1H. The first-order chi connectivity index (χ1) is 9.75. The van der Waals surface area contributed by atoms with Gasteiger partial charge in [-0.3, -0.25) is 0 Å². The molecule has 0 aromatic rings. The van der Waals surface area contributed by atoms with Crippen LogP contribution >= 0.6 is 12.4 Å². The summed E-state index contributed by atoms with van der Waals surface area (Å²) in [5.41, 5.74) is 5.86. The van der Waals surface area contributed by atoms with Crippen molar-refractivity contribution in [1.82, 2.24) is 8.61 Å². The van der Waals surface area contributed by atoms with E-state index in [1.54, 1.807) is 14.2 Å². The van der Waals surface area contributed by atoms with Crippen molar-refractivity contribution in [2.24, 2.45) is 11.1 Å². The molecule has 7 nitrogen and oxygen atoms in total. The van der Waals surface area contributed by atoms with E-state index in [1.807, 2.05) is 13.8 Å². The average Bonchev–Trinajstić information content (AvgIpc) is 2.41. The average molecular weight is 360 g/mol. The van der Waals surface area contributed by atoms with Gasteiger partial charge in [0.15, 0.2) is 0 Å². The number of nitrogens with two attached hydrogens (primary N) is 1. The van der Waals surface area contributed by atoms with Crippen molar-refractivity contribution in [1.29, 1.82) is 0 Å². The van der Waals surface area contributed by atoms with E-state index in [-0.39, 0.29) is 23.9 Å². The van der Waals surface area contributed by atoms with E-state index >= 15 is 0 Å². The molecule has 1 aliphatic rings. The van der Waals surface area contributed by atoms with Crippen LogP contribution in [0.3, 0.4) is 0 Å². The molecule has 1 heterocycles. The van der Waals surface area contributed by atoms with E-state index < -0.39 is 10.2 Å². The van der Waals surface area contributed by atoms with Gasteiger partial charge >= 0.3 is 0 Å². The van der Waals surface area contributed by atoms with Crippen molar-refractivity contribution in [3.05, 3.63) is 0 Å². The maximum absolute atomic E-state index is 12.8. The van der Waals surface area contributed by atoms with E-state index in [9.17, 15) is 8.42 Å². The Balaban J connectivity index is 0.00000441. The molecule has 0 radical (unpaired) electrons. The Labute approximate surface area is 140 Å². The third kappa shape index (κ3) is 5.59. The zero-order chi connectivity index (χ0) is 16.1. The molecule has 0 bridgehead atoms. The van der Waals surface area contributed by atoms with Crippen molar-refractivity contribution in [3.8, 4) is 0 Å². The molecular formula is C13H30ClN3O4S. The minimum atomic E-state index is -3.51. The first-order valence-corrected chi connectivity index (χ1v) is 8.64. The minimum absolute atomic E-state index is 0. The highest BCUT2D eigenvalue weighted by Crippen LogP contribution is 2.30. The third-order valence-corrected chi connectivity index (χ3v) is 6.00. The first kappa shape index (κ1) is 22.0. The van der Waals surface area contributed by atoms with Crippen molar-refractivity contribution < 1.29 is 17.9 Å². The molecule has 0 aliphatic carbocycles. The quantitative estimate of drug-likeness (QED) is 0.674. The molecule has 0 amide bonds. The van der Waals surface area contributed by atoms with Crippen LogP contribution in [0.5, 0.6) is 0 Å². The van der Waals surface area contributed by atoms with E-state index in [1.165, 1.54) is 8.61 Å². The molecule has 9 heteroatoms. The Morgan fingerprint density at radius 2 is 1.73 bits per heavy atom. The fourth-order valence-electron chi connectivity index (χ4n) is 2.41. The molecule has 1 fully saturated rings. The van der Waals surface area contributed by atoms with Crippen LogP contribution in [0.2, 0.25) is 0 Å². The van der Waals surface area contributed by atoms with Gasteiger partial charge in [0, 0.05) is 46.4 Å². The number of piperidine rings is 1. The SMILES string of the molecule is COCCN(CCOC)S(=O)(=O)N1CCC(N)C(C)(C)C1.Cl. The first-order valence-electron chi connectivity index (χ1n) is 7.24. The molecular weight excluding hydrogens is 330 g/mol.